The van der Waals surface area contributed by atoms with Crippen molar-refractivity contribution in [3.05, 3.63) is 18.0 Å². The molecule has 0 aliphatic carbocycles. The van der Waals surface area contributed by atoms with Crippen LogP contribution in [-0.2, 0) is 18.5 Å². The molecule has 1 aromatic rings. The number of halogens is 1. The SMILES string of the molecule is CCOCC(C)OC(=O)c1cc(S(=O)(=O)Cl)c[nH]1. The lowest BCUT2D eigenvalue weighted by Gasteiger charge is -2.11. The van der Waals surface area contributed by atoms with Crippen LogP contribution in [-0.4, -0.2) is 38.7 Å². The Bertz CT molecular complexity index is 510. The van der Waals surface area contributed by atoms with Crippen molar-refractivity contribution < 1.29 is 22.7 Å². The molecule has 0 saturated carbocycles. The first kappa shape index (κ1) is 15.0. The number of H-pyrrole nitrogens is 1. The van der Waals surface area contributed by atoms with Gasteiger partial charge in [-0.2, -0.15) is 0 Å². The predicted octanol–water partition coefficient (Wildman–Crippen LogP) is 1.52. The van der Waals surface area contributed by atoms with E-state index in [4.69, 9.17) is 20.2 Å². The second-order valence-corrected chi connectivity index (χ2v) is 6.13. The highest BCUT2D eigenvalue weighted by Crippen LogP contribution is 2.16. The van der Waals surface area contributed by atoms with Crippen molar-refractivity contribution in [3.8, 4) is 0 Å². The lowest BCUT2D eigenvalue weighted by atomic mass is 10.4. The highest BCUT2D eigenvalue weighted by atomic mass is 35.7. The maximum atomic E-state index is 11.6. The van der Waals surface area contributed by atoms with Gasteiger partial charge in [-0.25, -0.2) is 13.2 Å². The summed E-state index contributed by atoms with van der Waals surface area (Å²) in [5, 5.41) is 0. The molecule has 1 atom stereocenters. The van der Waals surface area contributed by atoms with Gasteiger partial charge in [-0.05, 0) is 19.9 Å². The average molecular weight is 296 g/mol. The fourth-order valence-corrected chi connectivity index (χ4v) is 1.92. The van der Waals surface area contributed by atoms with Gasteiger partial charge in [0.05, 0.1) is 6.61 Å². The summed E-state index contributed by atoms with van der Waals surface area (Å²) in [7, 11) is 1.28. The van der Waals surface area contributed by atoms with Crippen LogP contribution in [0.1, 0.15) is 24.3 Å². The van der Waals surface area contributed by atoms with Crippen molar-refractivity contribution >= 4 is 25.7 Å². The molecule has 0 spiro atoms. The number of ether oxygens (including phenoxy) is 2. The smallest absolute Gasteiger partial charge is 0.355 e. The van der Waals surface area contributed by atoms with Crippen molar-refractivity contribution in [2.45, 2.75) is 24.8 Å². The number of esters is 1. The molecule has 1 unspecified atom stereocenters. The third-order valence-corrected chi connectivity index (χ3v) is 3.36. The molecule has 8 heteroatoms. The van der Waals surface area contributed by atoms with Gasteiger partial charge in [0.25, 0.3) is 9.05 Å². The molecule has 1 heterocycles. The third kappa shape index (κ3) is 4.32. The lowest BCUT2D eigenvalue weighted by molar-refractivity contribution is 0.00393. The molecule has 1 rings (SSSR count). The van der Waals surface area contributed by atoms with Crippen LogP contribution in [0.4, 0.5) is 0 Å². The minimum Gasteiger partial charge on any atom is -0.456 e. The lowest BCUT2D eigenvalue weighted by Crippen LogP contribution is -2.20. The molecular weight excluding hydrogens is 282 g/mol. The summed E-state index contributed by atoms with van der Waals surface area (Å²) in [5.41, 5.74) is 0.0255. The predicted molar refractivity (Wildman–Crippen MR) is 65.2 cm³/mol. The highest BCUT2D eigenvalue weighted by Gasteiger charge is 2.18. The van der Waals surface area contributed by atoms with Crippen LogP contribution in [0.3, 0.4) is 0 Å². The maximum Gasteiger partial charge on any atom is 0.355 e. The van der Waals surface area contributed by atoms with Crippen LogP contribution in [0.25, 0.3) is 0 Å². The molecule has 1 N–H and O–H groups in total. The minimum absolute atomic E-state index is 0.0255. The monoisotopic (exact) mass is 295 g/mol. The zero-order valence-electron chi connectivity index (χ0n) is 9.97. The Kier molecular flexibility index (Phi) is 5.18. The van der Waals surface area contributed by atoms with Crippen LogP contribution < -0.4 is 0 Å². The number of aromatic nitrogens is 1. The average Bonchev–Trinajstić information content (AvgIpc) is 2.75. The van der Waals surface area contributed by atoms with E-state index in [-0.39, 0.29) is 17.2 Å². The molecule has 1 aromatic heterocycles. The Morgan fingerprint density at radius 1 is 1.56 bits per heavy atom. The van der Waals surface area contributed by atoms with E-state index in [1.165, 1.54) is 0 Å². The Hall–Kier alpha value is -1.05. The molecule has 0 amide bonds. The third-order valence-electron chi connectivity index (χ3n) is 2.02. The first-order valence-corrected chi connectivity index (χ1v) is 7.57. The Morgan fingerprint density at radius 2 is 2.22 bits per heavy atom. The normalized spacial score (nSPS) is 13.3. The Labute approximate surface area is 110 Å². The van der Waals surface area contributed by atoms with Crippen LogP contribution in [0.2, 0.25) is 0 Å². The van der Waals surface area contributed by atoms with Gasteiger partial charge in [0.1, 0.15) is 16.7 Å². The second-order valence-electron chi connectivity index (χ2n) is 3.56. The van der Waals surface area contributed by atoms with Crippen LogP contribution in [0, 0.1) is 0 Å². The van der Waals surface area contributed by atoms with Crippen molar-refractivity contribution in [2.75, 3.05) is 13.2 Å². The van der Waals surface area contributed by atoms with E-state index in [2.05, 4.69) is 4.98 Å². The van der Waals surface area contributed by atoms with Gasteiger partial charge < -0.3 is 14.5 Å². The minimum atomic E-state index is -3.85. The molecule has 0 saturated heterocycles. The molecule has 0 aliphatic heterocycles. The van der Waals surface area contributed by atoms with E-state index < -0.39 is 21.1 Å². The fraction of sp³-hybridized carbons (Fsp3) is 0.500. The summed E-state index contributed by atoms with van der Waals surface area (Å²) in [6.45, 7) is 4.31. The first-order chi connectivity index (χ1) is 8.34. The molecule has 18 heavy (non-hydrogen) atoms. The Morgan fingerprint density at radius 3 is 2.72 bits per heavy atom. The molecule has 0 aromatic carbocycles. The van der Waals surface area contributed by atoms with Crippen LogP contribution in [0.15, 0.2) is 17.2 Å². The van der Waals surface area contributed by atoms with Crippen LogP contribution >= 0.6 is 10.7 Å². The van der Waals surface area contributed by atoms with E-state index in [0.29, 0.717) is 6.61 Å². The van der Waals surface area contributed by atoms with Gasteiger partial charge in [-0.1, -0.05) is 0 Å². The molecule has 0 bridgehead atoms. The zero-order valence-corrected chi connectivity index (χ0v) is 11.5. The number of nitrogens with one attached hydrogen (secondary N) is 1. The van der Waals surface area contributed by atoms with Crippen molar-refractivity contribution in [1.82, 2.24) is 4.98 Å². The topological polar surface area (TPSA) is 85.5 Å². The van der Waals surface area contributed by atoms with E-state index in [1.807, 2.05) is 6.92 Å². The van der Waals surface area contributed by atoms with Gasteiger partial charge in [0, 0.05) is 23.5 Å². The maximum absolute atomic E-state index is 11.6. The summed E-state index contributed by atoms with van der Waals surface area (Å²) < 4.78 is 32.1. The van der Waals surface area contributed by atoms with Gasteiger partial charge in [0.2, 0.25) is 0 Å². The standard InChI is InChI=1S/C10H14ClNO5S/c1-3-16-6-7(2)17-10(13)9-4-8(5-12-9)18(11,14)15/h4-5,7,12H,3,6H2,1-2H3. The fourth-order valence-electron chi connectivity index (χ4n) is 1.20. The zero-order chi connectivity index (χ0) is 13.8. The van der Waals surface area contributed by atoms with Crippen molar-refractivity contribution in [1.29, 1.82) is 0 Å². The number of carbonyl (C=O) groups excluding carboxylic acids is 1. The molecule has 102 valence electrons. The highest BCUT2D eigenvalue weighted by molar-refractivity contribution is 8.13. The van der Waals surface area contributed by atoms with Gasteiger partial charge in [0.15, 0.2) is 0 Å². The van der Waals surface area contributed by atoms with Crippen LogP contribution in [0.5, 0.6) is 0 Å². The van der Waals surface area contributed by atoms with Gasteiger partial charge >= 0.3 is 5.97 Å². The van der Waals surface area contributed by atoms with Crippen molar-refractivity contribution in [3.63, 3.8) is 0 Å². The van der Waals surface area contributed by atoms with Crippen molar-refractivity contribution in [2.24, 2.45) is 0 Å². The first-order valence-electron chi connectivity index (χ1n) is 5.26. The molecule has 0 fully saturated rings. The molecule has 6 nitrogen and oxygen atoms in total. The number of hydrogen-bond acceptors (Lipinski definition) is 5. The quantitative estimate of drug-likeness (QED) is 0.635. The Balaban J connectivity index is 2.65. The molecular formula is C10H14ClNO5S. The van der Waals surface area contributed by atoms with E-state index in [1.54, 1.807) is 6.92 Å². The summed E-state index contributed by atoms with van der Waals surface area (Å²) in [4.78, 5) is 13.9. The van der Waals surface area contributed by atoms with E-state index in [0.717, 1.165) is 12.3 Å². The number of carbonyl (C=O) groups is 1. The number of rotatable bonds is 6. The van der Waals surface area contributed by atoms with E-state index >= 15 is 0 Å². The summed E-state index contributed by atoms with van der Waals surface area (Å²) in [5.74, 6) is -0.659. The van der Waals surface area contributed by atoms with Gasteiger partial charge in [-0.15, -0.1) is 0 Å². The number of aromatic amines is 1. The van der Waals surface area contributed by atoms with E-state index in [9.17, 15) is 13.2 Å². The summed E-state index contributed by atoms with van der Waals surface area (Å²) in [6.07, 6.45) is 0.711. The summed E-state index contributed by atoms with van der Waals surface area (Å²) in [6, 6.07) is 1.12. The van der Waals surface area contributed by atoms with Gasteiger partial charge in [-0.3, -0.25) is 0 Å². The second kappa shape index (κ2) is 6.21. The number of hydrogen-bond donors (Lipinski definition) is 1. The summed E-state index contributed by atoms with van der Waals surface area (Å²) >= 11 is 0. The largest absolute Gasteiger partial charge is 0.456 e. The molecule has 0 aliphatic rings. The molecule has 0 radical (unpaired) electrons.